The molecule has 0 aliphatic carbocycles. The van der Waals surface area contributed by atoms with Crippen LogP contribution >= 0.6 is 0 Å². The summed E-state index contributed by atoms with van der Waals surface area (Å²) in [4.78, 5) is 37.0. The first-order valence-corrected chi connectivity index (χ1v) is 24.8. The lowest BCUT2D eigenvalue weighted by Gasteiger charge is -2.34. The van der Waals surface area contributed by atoms with Gasteiger partial charge in [-0.3, -0.25) is 9.59 Å². The fraction of sp³-hybridized carbons (Fsp3) is 0.655. The van der Waals surface area contributed by atoms with E-state index < -0.39 is 18.1 Å². The zero-order valence-electron chi connectivity index (χ0n) is 40.7. The van der Waals surface area contributed by atoms with E-state index in [9.17, 15) is 19.5 Å². The minimum absolute atomic E-state index is 0.0136. The number of quaternary nitrogens is 1. The van der Waals surface area contributed by atoms with Crippen molar-refractivity contribution in [3.63, 3.8) is 0 Å². The van der Waals surface area contributed by atoms with Gasteiger partial charge in [-0.25, -0.2) is 0 Å². The van der Waals surface area contributed by atoms with Gasteiger partial charge in [0.25, 0.3) is 0 Å². The molecule has 63 heavy (non-hydrogen) atoms. The number of unbranched alkanes of at least 4 members (excludes halogenated alkanes) is 13. The Hall–Kier alpha value is -3.75. The Morgan fingerprint density at radius 2 is 0.905 bits per heavy atom. The van der Waals surface area contributed by atoms with Gasteiger partial charge < -0.3 is 28.6 Å². The van der Waals surface area contributed by atoms with Crippen LogP contribution in [-0.4, -0.2) is 75.5 Å². The van der Waals surface area contributed by atoms with E-state index in [2.05, 4.69) is 111 Å². The number of carboxylic acids is 1. The largest absolute Gasteiger partial charge is 0.544 e. The molecule has 0 aromatic heterocycles. The fourth-order valence-electron chi connectivity index (χ4n) is 6.64. The van der Waals surface area contributed by atoms with Gasteiger partial charge in [-0.2, -0.15) is 0 Å². The van der Waals surface area contributed by atoms with E-state index in [1.807, 2.05) is 0 Å². The summed E-state index contributed by atoms with van der Waals surface area (Å²) in [6, 6.07) is -0.741. The molecule has 0 heterocycles. The number of carbonyl (C=O) groups excluding carboxylic acids is 3. The minimum Gasteiger partial charge on any atom is -0.544 e. The molecule has 358 valence electrons. The van der Waals surface area contributed by atoms with Gasteiger partial charge in [0, 0.05) is 19.3 Å². The summed E-state index contributed by atoms with van der Waals surface area (Å²) in [6.45, 7) is 4.47. The Balaban J connectivity index is 4.41. The third kappa shape index (κ3) is 43.3. The van der Waals surface area contributed by atoms with Crippen molar-refractivity contribution in [1.82, 2.24) is 0 Å². The van der Waals surface area contributed by atoms with Crippen molar-refractivity contribution in [1.29, 1.82) is 0 Å². The van der Waals surface area contributed by atoms with Gasteiger partial charge in [-0.15, -0.1) is 0 Å². The van der Waals surface area contributed by atoms with Gasteiger partial charge in [-0.05, 0) is 89.9 Å². The van der Waals surface area contributed by atoms with E-state index in [4.69, 9.17) is 14.2 Å². The second-order valence-electron chi connectivity index (χ2n) is 17.3. The zero-order chi connectivity index (χ0) is 46.3. The van der Waals surface area contributed by atoms with E-state index in [0.29, 0.717) is 12.8 Å². The monoisotopic (exact) mass is 878 g/mol. The van der Waals surface area contributed by atoms with Crippen molar-refractivity contribution in [2.75, 3.05) is 41.0 Å². The van der Waals surface area contributed by atoms with Crippen molar-refractivity contribution in [3.05, 3.63) is 97.2 Å². The molecule has 8 nitrogen and oxygen atoms in total. The topological polar surface area (TPSA) is 102 Å². The van der Waals surface area contributed by atoms with E-state index >= 15 is 0 Å². The van der Waals surface area contributed by atoms with Crippen LogP contribution in [-0.2, 0) is 28.6 Å². The Morgan fingerprint density at radius 1 is 0.492 bits per heavy atom. The van der Waals surface area contributed by atoms with E-state index in [0.717, 1.165) is 89.9 Å². The Labute approximate surface area is 386 Å². The summed E-state index contributed by atoms with van der Waals surface area (Å²) in [6.07, 6.45) is 60.1. The van der Waals surface area contributed by atoms with Crippen molar-refractivity contribution in [2.45, 2.75) is 193 Å². The number of allylic oxidation sites excluding steroid dienone is 16. The maximum Gasteiger partial charge on any atom is 0.306 e. The summed E-state index contributed by atoms with van der Waals surface area (Å²) < 4.78 is 17.1. The van der Waals surface area contributed by atoms with Crippen molar-refractivity contribution < 1.29 is 38.2 Å². The highest BCUT2D eigenvalue weighted by Crippen LogP contribution is 2.13. The highest BCUT2D eigenvalue weighted by molar-refractivity contribution is 5.70. The highest BCUT2D eigenvalue weighted by atomic mass is 16.6. The molecule has 0 fully saturated rings. The van der Waals surface area contributed by atoms with Gasteiger partial charge in [0.15, 0.2) is 6.10 Å². The molecule has 0 aromatic rings. The van der Waals surface area contributed by atoms with E-state index in [-0.39, 0.29) is 49.1 Å². The third-order valence-electron chi connectivity index (χ3n) is 10.5. The number of nitrogens with zero attached hydrogens (tertiary/aromatic N) is 1. The molecule has 2 unspecified atom stereocenters. The van der Waals surface area contributed by atoms with Gasteiger partial charge in [0.2, 0.25) is 0 Å². The number of esters is 2. The number of likely N-dealkylation sites (N-methyl/N-ethyl adjacent to an activating group) is 1. The molecule has 0 spiro atoms. The molecule has 0 saturated heterocycles. The van der Waals surface area contributed by atoms with Crippen LogP contribution in [0.1, 0.15) is 181 Å². The lowest BCUT2D eigenvalue weighted by molar-refractivity contribution is -0.889. The number of carboxylic acid groups (broad SMARTS) is 1. The molecule has 2 atom stereocenters. The first-order valence-electron chi connectivity index (χ1n) is 24.8. The van der Waals surface area contributed by atoms with Crippen LogP contribution in [0, 0.1) is 0 Å². The summed E-state index contributed by atoms with van der Waals surface area (Å²) in [7, 11) is 5.38. The molecule has 0 saturated carbocycles. The van der Waals surface area contributed by atoms with E-state index in [1.165, 1.54) is 51.4 Å². The molecule has 0 radical (unpaired) electrons. The first-order chi connectivity index (χ1) is 30.6. The Morgan fingerprint density at radius 3 is 1.38 bits per heavy atom. The summed E-state index contributed by atoms with van der Waals surface area (Å²) >= 11 is 0. The van der Waals surface area contributed by atoms with Crippen LogP contribution in [0.3, 0.4) is 0 Å². The maximum atomic E-state index is 12.8. The fourth-order valence-corrected chi connectivity index (χ4v) is 6.64. The predicted molar refractivity (Wildman–Crippen MR) is 263 cm³/mol. The van der Waals surface area contributed by atoms with Crippen LogP contribution in [0.15, 0.2) is 97.2 Å². The van der Waals surface area contributed by atoms with Crippen molar-refractivity contribution >= 4 is 17.9 Å². The van der Waals surface area contributed by atoms with Gasteiger partial charge in [-0.1, -0.05) is 169 Å². The van der Waals surface area contributed by atoms with Crippen LogP contribution in [0.25, 0.3) is 0 Å². The number of aliphatic carboxylic acids is 1. The molecule has 0 aromatic carbocycles. The van der Waals surface area contributed by atoms with E-state index in [1.54, 1.807) is 21.1 Å². The SMILES string of the molecule is CC/C=C/C/C=C/C/C=C/C/C=C/C/C=C/C/C=C/C/C=C/CCCC(=O)OCC(COCCC(C(=O)[O-])[N+](C)(C)C)OC(=O)CCCCCCC/C=C/CCCCCCCCC. The molecular formula is C55H91NO7. The smallest absolute Gasteiger partial charge is 0.306 e. The molecule has 8 heteroatoms. The molecule has 0 N–H and O–H groups in total. The lowest BCUT2D eigenvalue weighted by atomic mass is 10.1. The second kappa shape index (κ2) is 44.8. The Bertz CT molecular complexity index is 1350. The van der Waals surface area contributed by atoms with Crippen LogP contribution < -0.4 is 5.11 Å². The number of rotatable bonds is 43. The van der Waals surface area contributed by atoms with Crippen LogP contribution in [0.2, 0.25) is 0 Å². The summed E-state index contributed by atoms with van der Waals surface area (Å²) in [5, 5.41) is 11.7. The number of ether oxygens (including phenoxy) is 3. The number of hydrogen-bond acceptors (Lipinski definition) is 7. The standard InChI is InChI=1S/C55H91NO7/c1-6-8-10-12-14-16-18-20-22-24-25-26-27-28-29-30-32-33-35-37-39-41-43-45-53(57)62-50-51(49-61-48-47-52(55(59)60)56(3,4)5)63-54(58)46-44-42-40-38-36-34-31-23-21-19-17-15-13-11-9-7-2/h8,10,14,16,20,22-23,25-26,28-29,31-33,37,39,51-52H,6-7,9,11-13,15,17-19,21,24,27,30,34-36,38,40-50H2,1-5H3/b10-8+,16-14+,22-20+,26-25+,29-28+,31-23+,33-32+,39-37+. The number of hydrogen-bond donors (Lipinski definition) is 0. The quantitative estimate of drug-likeness (QED) is 0.0260. The Kier molecular flexibility index (Phi) is 42.2. The third-order valence-corrected chi connectivity index (χ3v) is 10.5. The maximum absolute atomic E-state index is 12.8. The highest BCUT2D eigenvalue weighted by Gasteiger charge is 2.25. The molecule has 0 rings (SSSR count). The summed E-state index contributed by atoms with van der Waals surface area (Å²) in [5.41, 5.74) is 0. The lowest BCUT2D eigenvalue weighted by Crippen LogP contribution is -2.55. The zero-order valence-corrected chi connectivity index (χ0v) is 40.7. The average molecular weight is 878 g/mol. The molecule has 0 bridgehead atoms. The van der Waals surface area contributed by atoms with Crippen LogP contribution in [0.4, 0.5) is 0 Å². The molecule has 0 aliphatic rings. The average Bonchev–Trinajstić information content (AvgIpc) is 3.24. The molecule has 0 aliphatic heterocycles. The predicted octanol–water partition coefficient (Wildman–Crippen LogP) is 12.9. The second-order valence-corrected chi connectivity index (χ2v) is 17.3. The van der Waals surface area contributed by atoms with Crippen molar-refractivity contribution in [2.24, 2.45) is 0 Å². The van der Waals surface area contributed by atoms with Crippen LogP contribution in [0.5, 0.6) is 0 Å². The van der Waals surface area contributed by atoms with Gasteiger partial charge >= 0.3 is 11.9 Å². The van der Waals surface area contributed by atoms with Gasteiger partial charge in [0.1, 0.15) is 12.6 Å². The minimum atomic E-state index is -1.14. The molecular weight excluding hydrogens is 787 g/mol. The normalized spacial score (nSPS) is 13.7. The first kappa shape index (κ1) is 59.2. The molecule has 0 amide bonds. The van der Waals surface area contributed by atoms with Gasteiger partial charge in [0.05, 0.1) is 40.3 Å². The number of carbonyl (C=O) groups is 3. The van der Waals surface area contributed by atoms with Crippen molar-refractivity contribution in [3.8, 4) is 0 Å². The summed E-state index contributed by atoms with van der Waals surface area (Å²) in [5.74, 6) is -1.83.